The number of benzene rings is 1. The van der Waals surface area contributed by atoms with Crippen LogP contribution in [0.15, 0.2) is 18.2 Å². The van der Waals surface area contributed by atoms with Gasteiger partial charge in [-0.2, -0.15) is 31.4 Å². The number of halogens is 6. The van der Waals surface area contributed by atoms with E-state index >= 15 is 0 Å². The van der Waals surface area contributed by atoms with Gasteiger partial charge in [0.1, 0.15) is 6.54 Å². The maximum atomic E-state index is 13.7. The van der Waals surface area contributed by atoms with Crippen molar-refractivity contribution in [2.24, 2.45) is 0 Å². The summed E-state index contributed by atoms with van der Waals surface area (Å²) in [7, 11) is 0. The van der Waals surface area contributed by atoms with E-state index in [1.807, 2.05) is 19.9 Å². The molecule has 0 radical (unpaired) electrons. The third kappa shape index (κ3) is 5.40. The Morgan fingerprint density at radius 3 is 2.30 bits per heavy atom. The summed E-state index contributed by atoms with van der Waals surface area (Å²) in [6.07, 6.45) is -10.1. The van der Waals surface area contributed by atoms with Gasteiger partial charge in [0.25, 0.3) is 0 Å². The number of aromatic nitrogens is 2. The summed E-state index contributed by atoms with van der Waals surface area (Å²) in [5.41, 5.74) is 1.04. The molecule has 1 atom stereocenters. The SMILES string of the molecule is Cc1cc(C)n(CC(=O)N2CCN(c3ccc(C(F)(F)F)c4c3CN(C(=O)C(F)(F)F)CC4)CC2C)n1. The average molecular weight is 532 g/mol. The number of fused-ring (bicyclic) bond motifs is 1. The number of amides is 2. The second kappa shape index (κ2) is 9.56. The van der Waals surface area contributed by atoms with E-state index in [9.17, 15) is 35.9 Å². The summed E-state index contributed by atoms with van der Waals surface area (Å²) < 4.78 is 81.8. The van der Waals surface area contributed by atoms with Crippen LogP contribution >= 0.6 is 0 Å². The van der Waals surface area contributed by atoms with Gasteiger partial charge in [0.2, 0.25) is 5.91 Å². The zero-order valence-corrected chi connectivity index (χ0v) is 20.6. The van der Waals surface area contributed by atoms with Crippen LogP contribution in [0.2, 0.25) is 0 Å². The smallest absolute Gasteiger partial charge is 0.367 e. The lowest BCUT2D eigenvalue weighted by Gasteiger charge is -2.43. The number of piperazine rings is 1. The Balaban J connectivity index is 1.58. The van der Waals surface area contributed by atoms with Crippen molar-refractivity contribution in [3.05, 3.63) is 46.3 Å². The van der Waals surface area contributed by atoms with Crippen molar-refractivity contribution in [1.82, 2.24) is 19.6 Å². The van der Waals surface area contributed by atoms with Gasteiger partial charge in [-0.05, 0) is 56.5 Å². The summed E-state index contributed by atoms with van der Waals surface area (Å²) in [6, 6.07) is 3.74. The molecular weight excluding hydrogens is 504 g/mol. The Kier molecular flexibility index (Phi) is 6.93. The van der Waals surface area contributed by atoms with Crippen molar-refractivity contribution in [2.45, 2.75) is 58.7 Å². The molecule has 4 rings (SSSR count). The molecule has 2 aliphatic rings. The third-order valence-corrected chi connectivity index (χ3v) is 6.90. The molecule has 202 valence electrons. The van der Waals surface area contributed by atoms with Crippen LogP contribution in [0.1, 0.15) is 35.0 Å². The first-order valence-electron chi connectivity index (χ1n) is 11.8. The number of hydrogen-bond donors (Lipinski definition) is 0. The number of nitrogens with zero attached hydrogens (tertiary/aromatic N) is 5. The van der Waals surface area contributed by atoms with Gasteiger partial charge in [-0.3, -0.25) is 14.3 Å². The number of hydrogen-bond acceptors (Lipinski definition) is 4. The van der Waals surface area contributed by atoms with Crippen LogP contribution in [0.4, 0.5) is 32.0 Å². The van der Waals surface area contributed by atoms with Gasteiger partial charge in [-0.25, -0.2) is 0 Å². The molecule has 1 aromatic heterocycles. The Morgan fingerprint density at radius 2 is 1.73 bits per heavy atom. The minimum Gasteiger partial charge on any atom is -0.367 e. The Hall–Kier alpha value is -3.25. The second-order valence-corrected chi connectivity index (χ2v) is 9.53. The van der Waals surface area contributed by atoms with Crippen LogP contribution < -0.4 is 4.90 Å². The number of anilines is 1. The molecule has 0 N–H and O–H groups in total. The van der Waals surface area contributed by atoms with E-state index < -0.39 is 36.9 Å². The molecule has 2 aliphatic heterocycles. The highest BCUT2D eigenvalue weighted by atomic mass is 19.4. The highest BCUT2D eigenvalue weighted by molar-refractivity contribution is 5.82. The monoisotopic (exact) mass is 531 g/mol. The van der Waals surface area contributed by atoms with Crippen molar-refractivity contribution in [2.75, 3.05) is 31.1 Å². The summed E-state index contributed by atoms with van der Waals surface area (Å²) in [5.74, 6) is -2.23. The van der Waals surface area contributed by atoms with Crippen LogP contribution in [-0.4, -0.2) is 69.8 Å². The Labute approximate surface area is 209 Å². The fourth-order valence-corrected chi connectivity index (χ4v) is 5.17. The molecule has 0 spiro atoms. The number of rotatable bonds is 3. The second-order valence-electron chi connectivity index (χ2n) is 9.53. The quantitative estimate of drug-likeness (QED) is 0.567. The zero-order chi connectivity index (χ0) is 27.3. The van der Waals surface area contributed by atoms with Gasteiger partial charge in [0.15, 0.2) is 0 Å². The molecule has 2 aromatic rings. The third-order valence-electron chi connectivity index (χ3n) is 6.90. The first-order valence-corrected chi connectivity index (χ1v) is 11.8. The van der Waals surface area contributed by atoms with E-state index in [0.717, 1.165) is 17.5 Å². The number of aryl methyl sites for hydroxylation is 2. The maximum Gasteiger partial charge on any atom is 0.471 e. The van der Waals surface area contributed by atoms with Crippen molar-refractivity contribution in [3.63, 3.8) is 0 Å². The van der Waals surface area contributed by atoms with E-state index in [0.29, 0.717) is 10.6 Å². The molecule has 13 heteroatoms. The molecule has 3 heterocycles. The summed E-state index contributed by atoms with van der Waals surface area (Å²) in [4.78, 5) is 28.8. The molecule has 7 nitrogen and oxygen atoms in total. The lowest BCUT2D eigenvalue weighted by molar-refractivity contribution is -0.186. The van der Waals surface area contributed by atoms with Crippen LogP contribution in [0.3, 0.4) is 0 Å². The van der Waals surface area contributed by atoms with Crippen LogP contribution in [0.25, 0.3) is 0 Å². The predicted molar refractivity (Wildman–Crippen MR) is 122 cm³/mol. The topological polar surface area (TPSA) is 61.7 Å². The first kappa shape index (κ1) is 26.8. The van der Waals surface area contributed by atoms with Crippen LogP contribution in [0, 0.1) is 13.8 Å². The van der Waals surface area contributed by atoms with Crippen LogP contribution in [0.5, 0.6) is 0 Å². The van der Waals surface area contributed by atoms with E-state index in [4.69, 9.17) is 0 Å². The minimum absolute atomic E-state index is 0.0498. The molecule has 37 heavy (non-hydrogen) atoms. The summed E-state index contributed by atoms with van der Waals surface area (Å²) >= 11 is 0. The van der Waals surface area contributed by atoms with Gasteiger partial charge < -0.3 is 14.7 Å². The molecule has 0 aliphatic carbocycles. The maximum absolute atomic E-state index is 13.7. The van der Waals surface area contributed by atoms with Gasteiger partial charge >= 0.3 is 18.3 Å². The Morgan fingerprint density at radius 1 is 1.03 bits per heavy atom. The van der Waals surface area contributed by atoms with E-state index in [2.05, 4.69) is 5.10 Å². The van der Waals surface area contributed by atoms with Crippen molar-refractivity contribution in [3.8, 4) is 0 Å². The van der Waals surface area contributed by atoms with E-state index in [1.54, 1.807) is 21.4 Å². The number of carbonyl (C=O) groups excluding carboxylic acids is 2. The summed E-state index contributed by atoms with van der Waals surface area (Å²) in [5, 5.41) is 4.30. The zero-order valence-electron chi connectivity index (χ0n) is 20.6. The lowest BCUT2D eigenvalue weighted by Crippen LogP contribution is -2.55. The standard InChI is InChI=1S/C24H27F6N5O2/c1-14-10-15(2)35(31-14)13-21(36)34-9-8-32(11-16(34)3)20-5-4-19(23(25,26)27)17-6-7-33(12-18(17)20)22(37)24(28,29)30/h4-5,10,16H,6-9,11-13H2,1-3H3. The molecule has 1 saturated heterocycles. The van der Waals surface area contributed by atoms with Crippen molar-refractivity contribution < 1.29 is 35.9 Å². The van der Waals surface area contributed by atoms with Crippen LogP contribution in [-0.2, 0) is 35.3 Å². The van der Waals surface area contributed by atoms with Gasteiger partial charge in [-0.1, -0.05) is 0 Å². The number of alkyl halides is 6. The van der Waals surface area contributed by atoms with Gasteiger partial charge in [0, 0.05) is 50.1 Å². The molecule has 2 amide bonds. The fourth-order valence-electron chi connectivity index (χ4n) is 5.17. The lowest BCUT2D eigenvalue weighted by atomic mass is 9.91. The first-order chi connectivity index (χ1) is 17.2. The minimum atomic E-state index is -5.12. The highest BCUT2D eigenvalue weighted by Gasteiger charge is 2.45. The predicted octanol–water partition coefficient (Wildman–Crippen LogP) is 3.70. The van der Waals surface area contributed by atoms with Crippen molar-refractivity contribution in [1.29, 1.82) is 0 Å². The normalized spacial score (nSPS) is 18.7. The molecule has 1 unspecified atom stereocenters. The average Bonchev–Trinajstić information content (AvgIpc) is 3.12. The van der Waals surface area contributed by atoms with E-state index in [1.165, 1.54) is 6.07 Å². The molecule has 0 saturated carbocycles. The Bertz CT molecular complexity index is 1210. The summed E-state index contributed by atoms with van der Waals surface area (Å²) in [6.45, 7) is 5.32. The fraction of sp³-hybridized carbons (Fsp3) is 0.542. The number of carbonyl (C=O) groups is 2. The molecular formula is C24H27F6N5O2. The van der Waals surface area contributed by atoms with Gasteiger partial charge in [-0.15, -0.1) is 0 Å². The molecule has 1 aromatic carbocycles. The largest absolute Gasteiger partial charge is 0.471 e. The molecule has 1 fully saturated rings. The van der Waals surface area contributed by atoms with E-state index in [-0.39, 0.29) is 55.7 Å². The van der Waals surface area contributed by atoms with Gasteiger partial charge in [0.05, 0.1) is 11.3 Å². The van der Waals surface area contributed by atoms with Crippen molar-refractivity contribution >= 4 is 17.5 Å². The molecule has 0 bridgehead atoms. The highest BCUT2D eigenvalue weighted by Crippen LogP contribution is 2.40.